The lowest BCUT2D eigenvalue weighted by atomic mass is 10.2. The van der Waals surface area contributed by atoms with Crippen molar-refractivity contribution in [3.8, 4) is 0 Å². The highest BCUT2D eigenvalue weighted by atomic mass is 35.5. The van der Waals surface area contributed by atoms with Crippen LogP contribution >= 0.6 is 11.6 Å². The van der Waals surface area contributed by atoms with Crippen molar-refractivity contribution in [1.82, 2.24) is 0 Å². The van der Waals surface area contributed by atoms with Gasteiger partial charge in [0.25, 0.3) is 0 Å². The summed E-state index contributed by atoms with van der Waals surface area (Å²) in [5.41, 5.74) is 0.555. The molecule has 0 saturated heterocycles. The molecule has 0 saturated carbocycles. The average Bonchev–Trinajstić information content (AvgIpc) is 2.07. The third-order valence-electron chi connectivity index (χ3n) is 1.10. The van der Waals surface area contributed by atoms with Gasteiger partial charge in [-0.25, -0.2) is 4.39 Å². The highest BCUT2D eigenvalue weighted by molar-refractivity contribution is 6.17. The van der Waals surface area contributed by atoms with Crippen LogP contribution in [-0.2, 0) is 5.88 Å². The molecule has 1 aromatic rings. The van der Waals surface area contributed by atoms with Crippen LogP contribution in [0.15, 0.2) is 24.3 Å². The van der Waals surface area contributed by atoms with E-state index in [4.69, 9.17) is 16.7 Å². The third kappa shape index (κ3) is 4.31. The molecule has 1 N–H and O–H groups in total. The van der Waals surface area contributed by atoms with E-state index in [-0.39, 0.29) is 18.3 Å². The fourth-order valence-corrected chi connectivity index (χ4v) is 0.824. The maximum Gasteiger partial charge on any atom is 0.127 e. The van der Waals surface area contributed by atoms with Crippen molar-refractivity contribution in [3.63, 3.8) is 0 Å². The van der Waals surface area contributed by atoms with Crippen molar-refractivity contribution < 1.29 is 9.50 Å². The van der Waals surface area contributed by atoms with E-state index >= 15 is 0 Å². The van der Waals surface area contributed by atoms with Gasteiger partial charge in [0.2, 0.25) is 0 Å². The predicted molar refractivity (Wildman–Crippen MR) is 48.7 cm³/mol. The van der Waals surface area contributed by atoms with E-state index in [0.717, 1.165) is 0 Å². The summed E-state index contributed by atoms with van der Waals surface area (Å²) in [4.78, 5) is 0. The minimum absolute atomic E-state index is 0.229. The summed E-state index contributed by atoms with van der Waals surface area (Å²) >= 11 is 5.39. The lowest BCUT2D eigenvalue weighted by molar-refractivity contribution is 0.318. The van der Waals surface area contributed by atoms with Crippen LogP contribution in [0.2, 0.25) is 0 Å². The molecule has 0 aliphatic carbocycles. The number of aliphatic hydroxyl groups is 1. The molecule has 0 unspecified atom stereocenters. The van der Waals surface area contributed by atoms with Gasteiger partial charge in [0, 0.05) is 12.2 Å². The summed E-state index contributed by atoms with van der Waals surface area (Å²) < 4.78 is 12.5. The Bertz CT molecular complexity index is 215. The Balaban J connectivity index is 0.000000354. The molecule has 0 aromatic heterocycles. The number of aliphatic hydroxyl groups excluding tert-OH is 1. The second kappa shape index (κ2) is 7.07. The Labute approximate surface area is 76.8 Å². The molecule has 3 heteroatoms. The second-order valence-electron chi connectivity index (χ2n) is 2.04. The fourth-order valence-electron chi connectivity index (χ4n) is 0.607. The first-order chi connectivity index (χ1) is 5.76. The molecule has 0 aliphatic heterocycles. The Morgan fingerprint density at radius 2 is 1.92 bits per heavy atom. The molecule has 0 radical (unpaired) electrons. The number of rotatable bonds is 1. The van der Waals surface area contributed by atoms with Gasteiger partial charge in [0.15, 0.2) is 0 Å². The van der Waals surface area contributed by atoms with Gasteiger partial charge >= 0.3 is 0 Å². The lowest BCUT2D eigenvalue weighted by Gasteiger charge is -1.93. The second-order valence-corrected chi connectivity index (χ2v) is 2.31. The van der Waals surface area contributed by atoms with Gasteiger partial charge in [0.1, 0.15) is 5.82 Å². The van der Waals surface area contributed by atoms with Crippen molar-refractivity contribution in [1.29, 1.82) is 0 Å². The van der Waals surface area contributed by atoms with Gasteiger partial charge < -0.3 is 5.11 Å². The van der Waals surface area contributed by atoms with E-state index in [9.17, 15) is 4.39 Å². The van der Waals surface area contributed by atoms with E-state index in [2.05, 4.69) is 0 Å². The van der Waals surface area contributed by atoms with Crippen LogP contribution < -0.4 is 0 Å². The minimum atomic E-state index is -0.229. The Kier molecular flexibility index (Phi) is 6.72. The third-order valence-corrected chi connectivity index (χ3v) is 1.39. The molecule has 0 fully saturated rings. The summed E-state index contributed by atoms with van der Waals surface area (Å²) in [5.74, 6) is 0.0136. The van der Waals surface area contributed by atoms with Crippen molar-refractivity contribution in [2.75, 3.05) is 6.61 Å². The van der Waals surface area contributed by atoms with Gasteiger partial charge in [-0.05, 0) is 13.0 Å². The number of hydrogen-bond donors (Lipinski definition) is 1. The molecular weight excluding hydrogens is 179 g/mol. The van der Waals surface area contributed by atoms with Crippen LogP contribution in [0.1, 0.15) is 12.5 Å². The monoisotopic (exact) mass is 190 g/mol. The summed E-state index contributed by atoms with van der Waals surface area (Å²) in [5, 5.41) is 7.57. The first-order valence-corrected chi connectivity index (χ1v) is 4.20. The number of alkyl halides is 1. The fraction of sp³-hybridized carbons (Fsp3) is 0.333. The van der Waals surface area contributed by atoms with Gasteiger partial charge in [-0.1, -0.05) is 18.2 Å². The summed E-state index contributed by atoms with van der Waals surface area (Å²) in [7, 11) is 0. The normalized spacial score (nSPS) is 8.67. The largest absolute Gasteiger partial charge is 0.397 e. The van der Waals surface area contributed by atoms with Crippen molar-refractivity contribution in [2.45, 2.75) is 12.8 Å². The Morgan fingerprint density at radius 3 is 2.25 bits per heavy atom. The lowest BCUT2D eigenvalue weighted by Crippen LogP contribution is -1.82. The zero-order valence-corrected chi connectivity index (χ0v) is 7.68. The van der Waals surface area contributed by atoms with Gasteiger partial charge in [-0.2, -0.15) is 0 Å². The maximum atomic E-state index is 12.5. The first-order valence-electron chi connectivity index (χ1n) is 3.66. The average molecular weight is 191 g/mol. The smallest absolute Gasteiger partial charge is 0.127 e. The number of hydrogen-bond acceptors (Lipinski definition) is 1. The summed E-state index contributed by atoms with van der Waals surface area (Å²) in [6.07, 6.45) is 0. The van der Waals surface area contributed by atoms with Crippen LogP contribution in [-0.4, -0.2) is 11.7 Å². The molecule has 1 aromatic carbocycles. The Hall–Kier alpha value is -0.600. The minimum Gasteiger partial charge on any atom is -0.397 e. The van der Waals surface area contributed by atoms with Crippen LogP contribution in [0.5, 0.6) is 0 Å². The quantitative estimate of drug-likeness (QED) is 0.675. The van der Waals surface area contributed by atoms with E-state index in [1.54, 1.807) is 25.1 Å². The molecule has 0 amide bonds. The number of benzene rings is 1. The van der Waals surface area contributed by atoms with Gasteiger partial charge in [-0.15, -0.1) is 11.6 Å². The topological polar surface area (TPSA) is 20.2 Å². The van der Waals surface area contributed by atoms with Crippen molar-refractivity contribution >= 4 is 11.6 Å². The van der Waals surface area contributed by atoms with E-state index in [1.165, 1.54) is 6.07 Å². The van der Waals surface area contributed by atoms with Crippen LogP contribution in [0.25, 0.3) is 0 Å². The molecule has 68 valence electrons. The molecule has 0 aliphatic rings. The molecule has 0 bridgehead atoms. The zero-order chi connectivity index (χ0) is 9.40. The highest BCUT2D eigenvalue weighted by Crippen LogP contribution is 2.07. The van der Waals surface area contributed by atoms with Crippen LogP contribution in [0.4, 0.5) is 4.39 Å². The first kappa shape index (κ1) is 11.4. The summed E-state index contributed by atoms with van der Waals surface area (Å²) in [6, 6.07) is 6.48. The standard InChI is InChI=1S/C7H6ClF.C2H6O/c8-5-6-3-1-2-4-7(6)9;1-2-3/h1-4H,5H2;3H,2H2,1H3. The highest BCUT2D eigenvalue weighted by Gasteiger charge is 1.95. The van der Waals surface area contributed by atoms with Crippen molar-refractivity contribution in [3.05, 3.63) is 35.6 Å². The maximum absolute atomic E-state index is 12.5. The molecule has 0 spiro atoms. The summed E-state index contributed by atoms with van der Waals surface area (Å²) in [6.45, 7) is 1.93. The molecule has 1 nitrogen and oxygen atoms in total. The van der Waals surface area contributed by atoms with Gasteiger partial charge in [0.05, 0.1) is 5.88 Å². The molecule has 0 heterocycles. The zero-order valence-electron chi connectivity index (χ0n) is 6.93. The Morgan fingerprint density at radius 1 is 1.42 bits per heavy atom. The van der Waals surface area contributed by atoms with Gasteiger partial charge in [-0.3, -0.25) is 0 Å². The van der Waals surface area contributed by atoms with E-state index in [0.29, 0.717) is 5.56 Å². The number of halogens is 2. The van der Waals surface area contributed by atoms with E-state index in [1.807, 2.05) is 0 Å². The predicted octanol–water partition coefficient (Wildman–Crippen LogP) is 2.56. The molecule has 1 rings (SSSR count). The van der Waals surface area contributed by atoms with E-state index < -0.39 is 0 Å². The molecule has 12 heavy (non-hydrogen) atoms. The van der Waals surface area contributed by atoms with Crippen molar-refractivity contribution in [2.24, 2.45) is 0 Å². The van der Waals surface area contributed by atoms with Crippen LogP contribution in [0.3, 0.4) is 0 Å². The molecular formula is C9H12ClFO. The van der Waals surface area contributed by atoms with Crippen LogP contribution in [0, 0.1) is 5.82 Å². The SMILES string of the molecule is CCO.Fc1ccccc1CCl. The molecule has 0 atom stereocenters.